The third-order valence-corrected chi connectivity index (χ3v) is 21.4. The van der Waals surface area contributed by atoms with E-state index in [1.807, 2.05) is 53.7 Å². The minimum atomic E-state index is -0.736. The topological polar surface area (TPSA) is 55.4 Å². The van der Waals surface area contributed by atoms with E-state index < -0.39 is 11.6 Å². The van der Waals surface area contributed by atoms with Crippen LogP contribution in [0.15, 0.2) is 119 Å². The van der Waals surface area contributed by atoms with Crippen molar-refractivity contribution in [2.24, 2.45) is 59.2 Å². The van der Waals surface area contributed by atoms with Crippen molar-refractivity contribution in [3.8, 4) is 0 Å². The number of allylic oxidation sites excluding steroid dienone is 8. The molecular formula is C111H210F6O6. The standard InChI is InChI=1S/C8H8F2.2C8H13F.2C8H9F.C8H16.2C8H14.C8H10.2C7H14O.2C6H12O2.13CH4/c1-5-3-4-6(2)8(10)7(5)9;4*1-6-3-4-7(2)8(9)5-6;4*1-7-3-5-8(2)6-4-7;2*1-6-3-4-7(2)8-5-6;2*1-5-3-7-6(2)8-4-5;;;;;;;;;;;;;/h3-4H,1-2H3;2*6H,3-5H2,1-2H3;2*3-5H,1-2H3;7-8H,3-6H2,1-2H3;2*3,8H,4-6H2,1-2H3;3-6H,1-2H3;2*6-7H,3-5H2,1-2H3;2*5-6H,3-4H2,1-2H3;13*1H4. The van der Waals surface area contributed by atoms with Crippen LogP contribution in [0.1, 0.15) is 394 Å². The van der Waals surface area contributed by atoms with Crippen LogP contribution < -0.4 is 0 Å². The van der Waals surface area contributed by atoms with E-state index in [1.165, 1.54) is 140 Å². The molecule has 4 aromatic carbocycles. The van der Waals surface area contributed by atoms with E-state index in [-0.39, 0.29) is 132 Å². The normalized spacial score (nSPS) is 23.9. The molecule has 123 heavy (non-hydrogen) atoms. The molecule has 0 radical (unpaired) electrons. The van der Waals surface area contributed by atoms with Crippen LogP contribution >= 0.6 is 0 Å². The van der Waals surface area contributed by atoms with Gasteiger partial charge in [-0.25, -0.2) is 26.3 Å². The van der Waals surface area contributed by atoms with Crippen LogP contribution in [-0.4, -0.2) is 64.4 Å². The number of hydrogen-bond donors (Lipinski definition) is 0. The lowest BCUT2D eigenvalue weighted by molar-refractivity contribution is -0.187. The second-order valence-electron chi connectivity index (χ2n) is 34.6. The first-order chi connectivity index (χ1) is 51.7. The van der Waals surface area contributed by atoms with E-state index in [2.05, 4.69) is 147 Å². The average molecular weight is 1750 g/mol. The number of hydrogen-bond acceptors (Lipinski definition) is 6. The van der Waals surface area contributed by atoms with E-state index in [4.69, 9.17) is 28.4 Å². The van der Waals surface area contributed by atoms with E-state index in [1.54, 1.807) is 49.3 Å². The number of ether oxygens (including phenoxy) is 6. The Balaban J connectivity index is -0.0000000961. The molecule has 12 heteroatoms. The van der Waals surface area contributed by atoms with Gasteiger partial charge in [-0.05, 0) is 305 Å². The van der Waals surface area contributed by atoms with E-state index in [0.29, 0.717) is 71.0 Å². The van der Waals surface area contributed by atoms with Gasteiger partial charge in [0.25, 0.3) is 0 Å². The van der Waals surface area contributed by atoms with Crippen LogP contribution in [-0.2, 0) is 28.4 Å². The van der Waals surface area contributed by atoms with Gasteiger partial charge in [0.2, 0.25) is 0 Å². The van der Waals surface area contributed by atoms with E-state index in [9.17, 15) is 26.3 Å². The zero-order valence-corrected chi connectivity index (χ0v) is 74.3. The number of benzene rings is 4. The van der Waals surface area contributed by atoms with Crippen LogP contribution in [0.5, 0.6) is 0 Å². The first-order valence-electron chi connectivity index (χ1n) is 42.3. The summed E-state index contributed by atoms with van der Waals surface area (Å²) in [5.41, 5.74) is 11.8. The highest BCUT2D eigenvalue weighted by atomic mass is 19.2. The summed E-state index contributed by atoms with van der Waals surface area (Å²) in [6, 6.07) is 22.0. The average Bonchev–Trinajstić information content (AvgIpc) is 0.872. The monoisotopic (exact) mass is 1750 g/mol. The summed E-state index contributed by atoms with van der Waals surface area (Å²) in [6.45, 7) is 58.6. The van der Waals surface area contributed by atoms with Crippen molar-refractivity contribution in [1.29, 1.82) is 0 Å². The largest absolute Gasteiger partial charge is 0.378 e. The van der Waals surface area contributed by atoms with Gasteiger partial charge in [-0.15, -0.1) is 0 Å². The molecule has 13 rings (SSSR count). The summed E-state index contributed by atoms with van der Waals surface area (Å²) in [5, 5.41) is 0. The van der Waals surface area contributed by atoms with Gasteiger partial charge in [-0.3, -0.25) is 0 Å². The molecule has 9 aliphatic rings. The fourth-order valence-electron chi connectivity index (χ4n) is 12.2. The lowest BCUT2D eigenvalue weighted by Gasteiger charge is -2.24. The van der Waals surface area contributed by atoms with Gasteiger partial charge in [-0.1, -0.05) is 287 Å². The fourth-order valence-corrected chi connectivity index (χ4v) is 12.2. The Hall–Kier alpha value is -4.82. The molecule has 5 fully saturated rings. The van der Waals surface area contributed by atoms with Crippen LogP contribution in [0, 0.1) is 138 Å². The van der Waals surface area contributed by atoms with Crippen molar-refractivity contribution in [1.82, 2.24) is 0 Å². The van der Waals surface area contributed by atoms with Crippen molar-refractivity contribution in [2.45, 2.75) is 430 Å². The molecule has 0 aromatic heterocycles. The van der Waals surface area contributed by atoms with Gasteiger partial charge in [0.05, 0.1) is 50.3 Å². The Morgan fingerprint density at radius 3 is 0.683 bits per heavy atom. The zero-order valence-electron chi connectivity index (χ0n) is 74.3. The first-order valence-corrected chi connectivity index (χ1v) is 42.3. The van der Waals surface area contributed by atoms with Gasteiger partial charge >= 0.3 is 0 Å². The Morgan fingerprint density at radius 1 is 0.244 bits per heavy atom. The minimum Gasteiger partial charge on any atom is -0.378 e. The van der Waals surface area contributed by atoms with Crippen molar-refractivity contribution >= 4 is 0 Å². The molecule has 0 amide bonds. The Morgan fingerprint density at radius 2 is 0.488 bits per heavy atom. The minimum absolute atomic E-state index is 0. The molecule has 1 saturated carbocycles. The summed E-state index contributed by atoms with van der Waals surface area (Å²) in [5.74, 6) is 6.36. The molecule has 4 heterocycles. The molecule has 6 nitrogen and oxygen atoms in total. The Labute approximate surface area is 765 Å². The van der Waals surface area contributed by atoms with Gasteiger partial charge < -0.3 is 28.4 Å². The molecule has 8 atom stereocenters. The molecule has 4 saturated heterocycles. The Kier molecular flexibility index (Phi) is 100. The number of aryl methyl sites for hydroxylation is 8. The second kappa shape index (κ2) is 84.0. The third-order valence-electron chi connectivity index (χ3n) is 21.4. The molecule has 8 unspecified atom stereocenters. The molecular weight excluding hydrogens is 1540 g/mol. The van der Waals surface area contributed by atoms with E-state index in [0.717, 1.165) is 110 Å². The second-order valence-corrected chi connectivity index (χ2v) is 34.6. The highest BCUT2D eigenvalue weighted by Crippen LogP contribution is 2.31. The summed E-state index contributed by atoms with van der Waals surface area (Å²) < 4.78 is 107. The molecule has 732 valence electrons. The predicted octanol–water partition coefficient (Wildman–Crippen LogP) is 38.2. The number of halogens is 6. The van der Waals surface area contributed by atoms with Crippen LogP contribution in [0.3, 0.4) is 0 Å². The number of rotatable bonds is 0. The maximum absolute atomic E-state index is 12.7. The smallest absolute Gasteiger partial charge is 0.161 e. The van der Waals surface area contributed by atoms with Gasteiger partial charge in [-0.2, -0.15) is 0 Å². The van der Waals surface area contributed by atoms with Crippen molar-refractivity contribution < 1.29 is 54.8 Å². The zero-order chi connectivity index (χ0) is 83.0. The third kappa shape index (κ3) is 74.8. The molecule has 4 aromatic rings. The van der Waals surface area contributed by atoms with Crippen LogP contribution in [0.4, 0.5) is 26.3 Å². The Bertz CT molecular complexity index is 2840. The van der Waals surface area contributed by atoms with Gasteiger partial charge in [0.15, 0.2) is 24.2 Å². The molecule has 5 aliphatic carbocycles. The molecule has 0 bridgehead atoms. The highest BCUT2D eigenvalue weighted by Gasteiger charge is 2.19. The quantitative estimate of drug-likeness (QED) is 0.129. The maximum atomic E-state index is 12.7. The maximum Gasteiger partial charge on any atom is 0.161 e. The van der Waals surface area contributed by atoms with Gasteiger partial charge in [0, 0.05) is 37.9 Å². The molecule has 4 aliphatic heterocycles. The molecule has 0 spiro atoms. The summed E-state index contributed by atoms with van der Waals surface area (Å²) in [7, 11) is 0. The predicted molar refractivity (Wildman–Crippen MR) is 544 cm³/mol. The summed E-state index contributed by atoms with van der Waals surface area (Å²) in [4.78, 5) is 0. The summed E-state index contributed by atoms with van der Waals surface area (Å²) >= 11 is 0. The van der Waals surface area contributed by atoms with Crippen molar-refractivity contribution in [2.75, 3.05) is 39.6 Å². The lowest BCUT2D eigenvalue weighted by Crippen LogP contribution is -2.27. The van der Waals surface area contributed by atoms with Crippen LogP contribution in [0.25, 0.3) is 0 Å². The fraction of sp³-hybridized carbons (Fsp3) is 0.712. The lowest BCUT2D eigenvalue weighted by atomic mass is 9.84. The van der Waals surface area contributed by atoms with Crippen LogP contribution in [0.2, 0.25) is 0 Å². The highest BCUT2D eigenvalue weighted by molar-refractivity contribution is 5.25. The first kappa shape index (κ1) is 147. The van der Waals surface area contributed by atoms with Crippen molar-refractivity contribution in [3.05, 3.63) is 187 Å². The van der Waals surface area contributed by atoms with E-state index >= 15 is 0 Å². The SMILES string of the molecule is C.C.C.C.C.C.C.C.C.C.C.C.C.CC1=C(F)CC(C)CC1.CC1=C(F)CC(C)CC1.CC1=CCC(C)CC1.CC1=CCC(C)CC1.CC1CCC(C)CC1.CC1CCC(C)OC1.CC1CCC(C)OC1.CC1COC(C)OC1.CC1COC(C)OC1.Cc1ccc(C)c(F)c1.Cc1ccc(C)c(F)c1.Cc1ccc(C)c(F)c1F.Cc1ccc(C)cc1. The molecule has 0 N–H and O–H groups in total. The van der Waals surface area contributed by atoms with Crippen molar-refractivity contribution in [3.63, 3.8) is 0 Å². The summed E-state index contributed by atoms with van der Waals surface area (Å²) in [6.07, 6.45) is 30.6. The van der Waals surface area contributed by atoms with Gasteiger partial charge in [0.1, 0.15) is 11.6 Å².